The molecule has 19 heavy (non-hydrogen) atoms. The van der Waals surface area contributed by atoms with Gasteiger partial charge in [-0.05, 0) is 26.7 Å². The SMILES string of the molecule is CCCCN(C(=O)C(C)(C)CN)C1CCS(=O)(=O)C1. The van der Waals surface area contributed by atoms with Crippen molar-refractivity contribution in [3.63, 3.8) is 0 Å². The lowest BCUT2D eigenvalue weighted by Crippen LogP contribution is -2.50. The van der Waals surface area contributed by atoms with Crippen LogP contribution in [0.3, 0.4) is 0 Å². The van der Waals surface area contributed by atoms with E-state index in [1.165, 1.54) is 0 Å². The van der Waals surface area contributed by atoms with Crippen LogP contribution in [0.15, 0.2) is 0 Å². The van der Waals surface area contributed by atoms with Gasteiger partial charge in [0.2, 0.25) is 5.91 Å². The van der Waals surface area contributed by atoms with Gasteiger partial charge in [-0.25, -0.2) is 8.42 Å². The molecule has 1 heterocycles. The molecule has 0 aromatic carbocycles. The van der Waals surface area contributed by atoms with Crippen molar-refractivity contribution in [1.29, 1.82) is 0 Å². The first-order chi connectivity index (χ1) is 8.73. The summed E-state index contributed by atoms with van der Waals surface area (Å²) in [4.78, 5) is 14.3. The average Bonchev–Trinajstić information content (AvgIpc) is 2.70. The number of unbranched alkanes of at least 4 members (excludes halogenated alkanes) is 1. The van der Waals surface area contributed by atoms with Gasteiger partial charge in [0.1, 0.15) is 0 Å². The number of nitrogens with zero attached hydrogens (tertiary/aromatic N) is 1. The van der Waals surface area contributed by atoms with Crippen molar-refractivity contribution in [2.75, 3.05) is 24.6 Å². The van der Waals surface area contributed by atoms with Crippen LogP contribution in [-0.4, -0.2) is 49.9 Å². The molecule has 0 spiro atoms. The monoisotopic (exact) mass is 290 g/mol. The van der Waals surface area contributed by atoms with Gasteiger partial charge in [-0.1, -0.05) is 13.3 Å². The third kappa shape index (κ3) is 4.18. The van der Waals surface area contributed by atoms with Crippen LogP contribution in [0.1, 0.15) is 40.0 Å². The van der Waals surface area contributed by atoms with E-state index in [1.54, 1.807) is 4.90 Å². The predicted octanol–water partition coefficient (Wildman–Crippen LogP) is 0.787. The molecule has 1 atom stereocenters. The Morgan fingerprint density at radius 2 is 2.05 bits per heavy atom. The maximum Gasteiger partial charge on any atom is 0.229 e. The Morgan fingerprint density at radius 1 is 1.42 bits per heavy atom. The molecular weight excluding hydrogens is 264 g/mol. The van der Waals surface area contributed by atoms with E-state index in [-0.39, 0.29) is 30.0 Å². The largest absolute Gasteiger partial charge is 0.338 e. The van der Waals surface area contributed by atoms with Crippen LogP contribution in [0, 0.1) is 5.41 Å². The highest BCUT2D eigenvalue weighted by Gasteiger charge is 2.39. The summed E-state index contributed by atoms with van der Waals surface area (Å²) in [6.07, 6.45) is 2.42. The maximum absolute atomic E-state index is 12.6. The van der Waals surface area contributed by atoms with E-state index in [2.05, 4.69) is 6.92 Å². The van der Waals surface area contributed by atoms with E-state index in [9.17, 15) is 13.2 Å². The van der Waals surface area contributed by atoms with Crippen LogP contribution in [-0.2, 0) is 14.6 Å². The maximum atomic E-state index is 12.6. The first-order valence-electron chi connectivity index (χ1n) is 6.95. The van der Waals surface area contributed by atoms with Gasteiger partial charge >= 0.3 is 0 Å². The van der Waals surface area contributed by atoms with Crippen LogP contribution in [0.5, 0.6) is 0 Å². The van der Waals surface area contributed by atoms with E-state index >= 15 is 0 Å². The number of hydrogen-bond acceptors (Lipinski definition) is 4. The highest BCUT2D eigenvalue weighted by molar-refractivity contribution is 7.91. The van der Waals surface area contributed by atoms with Crippen LogP contribution < -0.4 is 5.73 Å². The lowest BCUT2D eigenvalue weighted by molar-refractivity contribution is -0.141. The second-order valence-electron chi connectivity index (χ2n) is 6.00. The van der Waals surface area contributed by atoms with Crippen molar-refractivity contribution in [1.82, 2.24) is 4.90 Å². The van der Waals surface area contributed by atoms with E-state index in [0.717, 1.165) is 12.8 Å². The van der Waals surface area contributed by atoms with Crippen molar-refractivity contribution in [2.24, 2.45) is 11.1 Å². The smallest absolute Gasteiger partial charge is 0.229 e. The lowest BCUT2D eigenvalue weighted by Gasteiger charge is -2.35. The van der Waals surface area contributed by atoms with Gasteiger partial charge in [-0.2, -0.15) is 0 Å². The molecular formula is C13H26N2O3S. The number of carbonyl (C=O) groups excluding carboxylic acids is 1. The van der Waals surface area contributed by atoms with Crippen LogP contribution in [0.25, 0.3) is 0 Å². The van der Waals surface area contributed by atoms with E-state index < -0.39 is 15.3 Å². The van der Waals surface area contributed by atoms with Crippen LogP contribution in [0.4, 0.5) is 0 Å². The van der Waals surface area contributed by atoms with Crippen molar-refractivity contribution in [2.45, 2.75) is 46.1 Å². The summed E-state index contributed by atoms with van der Waals surface area (Å²) >= 11 is 0. The van der Waals surface area contributed by atoms with Crippen molar-refractivity contribution >= 4 is 15.7 Å². The molecule has 5 nitrogen and oxygen atoms in total. The van der Waals surface area contributed by atoms with Crippen molar-refractivity contribution in [3.05, 3.63) is 0 Å². The van der Waals surface area contributed by atoms with Crippen LogP contribution >= 0.6 is 0 Å². The first-order valence-corrected chi connectivity index (χ1v) is 8.77. The minimum Gasteiger partial charge on any atom is -0.338 e. The van der Waals surface area contributed by atoms with Gasteiger partial charge in [0.15, 0.2) is 9.84 Å². The highest BCUT2D eigenvalue weighted by atomic mass is 32.2. The molecule has 0 aliphatic carbocycles. The summed E-state index contributed by atoms with van der Waals surface area (Å²) < 4.78 is 23.2. The van der Waals surface area contributed by atoms with E-state index in [1.807, 2.05) is 13.8 Å². The molecule has 6 heteroatoms. The fraction of sp³-hybridized carbons (Fsp3) is 0.923. The molecule has 0 bridgehead atoms. The zero-order chi connectivity index (χ0) is 14.7. The molecule has 1 amide bonds. The highest BCUT2D eigenvalue weighted by Crippen LogP contribution is 2.24. The predicted molar refractivity (Wildman–Crippen MR) is 76.5 cm³/mol. The second-order valence-corrected chi connectivity index (χ2v) is 8.23. The number of nitrogens with two attached hydrogens (primary N) is 1. The average molecular weight is 290 g/mol. The van der Waals surface area contributed by atoms with Crippen LogP contribution in [0.2, 0.25) is 0 Å². The molecule has 0 aromatic heterocycles. The third-order valence-electron chi connectivity index (χ3n) is 3.75. The van der Waals surface area contributed by atoms with Crippen molar-refractivity contribution in [3.8, 4) is 0 Å². The van der Waals surface area contributed by atoms with Gasteiger partial charge in [0.25, 0.3) is 0 Å². The Bertz CT molecular complexity index is 418. The zero-order valence-corrected chi connectivity index (χ0v) is 13.0. The fourth-order valence-corrected chi connectivity index (χ4v) is 4.01. The molecule has 1 unspecified atom stereocenters. The molecule has 1 rings (SSSR count). The number of amides is 1. The molecule has 0 radical (unpaired) electrons. The molecule has 0 aromatic rings. The minimum absolute atomic E-state index is 0.0226. The van der Waals surface area contributed by atoms with Gasteiger partial charge in [-0.15, -0.1) is 0 Å². The Hall–Kier alpha value is -0.620. The normalized spacial score (nSPS) is 22.4. The molecule has 112 valence electrons. The Balaban J connectivity index is 2.86. The number of sulfone groups is 1. The third-order valence-corrected chi connectivity index (χ3v) is 5.50. The topological polar surface area (TPSA) is 80.5 Å². The second kappa shape index (κ2) is 6.22. The molecule has 0 saturated carbocycles. The summed E-state index contributed by atoms with van der Waals surface area (Å²) in [5, 5.41) is 0. The molecule has 1 fully saturated rings. The zero-order valence-electron chi connectivity index (χ0n) is 12.2. The van der Waals surface area contributed by atoms with Gasteiger partial charge in [-0.3, -0.25) is 4.79 Å². The van der Waals surface area contributed by atoms with Crippen molar-refractivity contribution < 1.29 is 13.2 Å². The molecule has 2 N–H and O–H groups in total. The minimum atomic E-state index is -2.98. The van der Waals surface area contributed by atoms with Gasteiger partial charge < -0.3 is 10.6 Å². The first kappa shape index (κ1) is 16.4. The summed E-state index contributed by atoms with van der Waals surface area (Å²) in [5.74, 6) is 0.269. The standard InChI is InChI=1S/C13H26N2O3S/c1-4-5-7-15(12(16)13(2,3)10-14)11-6-8-19(17,18)9-11/h11H,4-10,14H2,1-3H3. The Morgan fingerprint density at radius 3 is 2.47 bits per heavy atom. The van der Waals surface area contributed by atoms with Gasteiger partial charge in [0, 0.05) is 19.1 Å². The fourth-order valence-electron chi connectivity index (χ4n) is 2.28. The quantitative estimate of drug-likeness (QED) is 0.784. The number of carbonyl (C=O) groups is 1. The number of hydrogen-bond donors (Lipinski definition) is 1. The summed E-state index contributed by atoms with van der Waals surface area (Å²) in [6, 6.07) is -0.171. The summed E-state index contributed by atoms with van der Waals surface area (Å²) in [6.45, 7) is 6.59. The van der Waals surface area contributed by atoms with E-state index in [4.69, 9.17) is 5.73 Å². The lowest BCUT2D eigenvalue weighted by atomic mass is 9.91. The van der Waals surface area contributed by atoms with Gasteiger partial charge in [0.05, 0.1) is 16.9 Å². The summed E-state index contributed by atoms with van der Waals surface area (Å²) in [7, 11) is -2.98. The molecule has 1 saturated heterocycles. The number of rotatable bonds is 6. The molecule has 1 aliphatic heterocycles. The Kier molecular flexibility index (Phi) is 5.38. The molecule has 1 aliphatic rings. The summed E-state index contributed by atoms with van der Waals surface area (Å²) in [5.41, 5.74) is 5.03. The Labute approximate surface area is 116 Å². The van der Waals surface area contributed by atoms with E-state index in [0.29, 0.717) is 13.0 Å².